The van der Waals surface area contributed by atoms with Crippen LogP contribution < -0.4 is 11.1 Å². The molecular weight excluding hydrogens is 234 g/mol. The number of nitrogens with two attached hydrogens (primary N) is 1. The van der Waals surface area contributed by atoms with Crippen LogP contribution in [0.4, 0.5) is 5.69 Å². The number of rotatable bonds is 4. The Morgan fingerprint density at radius 3 is 2.94 bits per heavy atom. The summed E-state index contributed by atoms with van der Waals surface area (Å²) < 4.78 is 0.235. The van der Waals surface area contributed by atoms with E-state index in [9.17, 15) is 4.79 Å². The molecule has 0 bridgehead atoms. The highest BCUT2D eigenvalue weighted by molar-refractivity contribution is 8.00. The molecule has 1 aliphatic carbocycles. The van der Waals surface area contributed by atoms with E-state index in [4.69, 9.17) is 5.73 Å². The number of hydrogen-bond donors (Lipinski definition) is 2. The Bertz CT molecular complexity index is 412. The van der Waals surface area contributed by atoms with E-state index in [1.165, 1.54) is 19.3 Å². The first-order valence-corrected chi connectivity index (χ1v) is 6.93. The van der Waals surface area contributed by atoms with Gasteiger partial charge in [0.1, 0.15) is 0 Å². The number of aromatic nitrogens is 1. The molecule has 1 fully saturated rings. The molecule has 17 heavy (non-hydrogen) atoms. The number of hydrogen-bond acceptors (Lipinski definition) is 4. The molecule has 0 radical (unpaired) electrons. The number of thioether (sulfide) groups is 1. The standard InChI is InChI=1S/C12H17N3OS/c1-17-12(5-3-6-12)8-15-11(16)10-9(13)4-2-7-14-10/h2,4,7H,3,5-6,8,13H2,1H3,(H,15,16). The van der Waals surface area contributed by atoms with Crippen molar-refractivity contribution in [2.24, 2.45) is 0 Å². The molecule has 2 rings (SSSR count). The molecule has 1 heterocycles. The molecule has 0 saturated heterocycles. The summed E-state index contributed by atoms with van der Waals surface area (Å²) in [6, 6.07) is 3.41. The van der Waals surface area contributed by atoms with Crippen LogP contribution in [0.15, 0.2) is 18.3 Å². The van der Waals surface area contributed by atoms with E-state index in [1.807, 2.05) is 11.8 Å². The van der Waals surface area contributed by atoms with Crippen LogP contribution in [0.25, 0.3) is 0 Å². The summed E-state index contributed by atoms with van der Waals surface area (Å²) in [4.78, 5) is 15.9. The first-order chi connectivity index (χ1) is 8.17. The van der Waals surface area contributed by atoms with Crippen molar-refractivity contribution in [2.45, 2.75) is 24.0 Å². The third-order valence-corrected chi connectivity index (χ3v) is 4.74. The minimum Gasteiger partial charge on any atom is -0.397 e. The van der Waals surface area contributed by atoms with Gasteiger partial charge in [0, 0.05) is 17.5 Å². The smallest absolute Gasteiger partial charge is 0.272 e. The molecular formula is C12H17N3OS. The van der Waals surface area contributed by atoms with E-state index >= 15 is 0 Å². The van der Waals surface area contributed by atoms with Crippen molar-refractivity contribution >= 4 is 23.4 Å². The molecule has 1 aromatic rings. The molecule has 1 saturated carbocycles. The molecule has 1 aromatic heterocycles. The molecule has 0 atom stereocenters. The SMILES string of the molecule is CSC1(CNC(=O)c2ncccc2N)CCC1. The molecule has 1 aliphatic rings. The predicted octanol–water partition coefficient (Wildman–Crippen LogP) is 1.68. The average Bonchev–Trinajstić information content (AvgIpc) is 2.28. The quantitative estimate of drug-likeness (QED) is 0.854. The van der Waals surface area contributed by atoms with Gasteiger partial charge in [-0.1, -0.05) is 6.42 Å². The van der Waals surface area contributed by atoms with Crippen LogP contribution in [0.1, 0.15) is 29.8 Å². The summed E-state index contributed by atoms with van der Waals surface area (Å²) in [6.45, 7) is 0.697. The molecule has 4 nitrogen and oxygen atoms in total. The van der Waals surface area contributed by atoms with Gasteiger partial charge in [0.2, 0.25) is 0 Å². The van der Waals surface area contributed by atoms with Gasteiger partial charge in [-0.25, -0.2) is 4.98 Å². The van der Waals surface area contributed by atoms with Gasteiger partial charge in [-0.2, -0.15) is 11.8 Å². The maximum Gasteiger partial charge on any atom is 0.272 e. The van der Waals surface area contributed by atoms with Gasteiger partial charge in [0.25, 0.3) is 5.91 Å². The molecule has 0 spiro atoms. The van der Waals surface area contributed by atoms with Gasteiger partial charge >= 0.3 is 0 Å². The van der Waals surface area contributed by atoms with E-state index < -0.39 is 0 Å². The van der Waals surface area contributed by atoms with Gasteiger partial charge in [-0.15, -0.1) is 0 Å². The summed E-state index contributed by atoms with van der Waals surface area (Å²) in [7, 11) is 0. The number of amides is 1. The van der Waals surface area contributed by atoms with Gasteiger partial charge in [-0.3, -0.25) is 4.79 Å². The summed E-state index contributed by atoms with van der Waals surface area (Å²) in [5.41, 5.74) is 6.46. The number of carbonyl (C=O) groups is 1. The molecule has 5 heteroatoms. The molecule has 1 amide bonds. The average molecular weight is 251 g/mol. The lowest BCUT2D eigenvalue weighted by Gasteiger charge is -2.40. The summed E-state index contributed by atoms with van der Waals surface area (Å²) in [5.74, 6) is -0.177. The van der Waals surface area contributed by atoms with Gasteiger partial charge in [0.05, 0.1) is 5.69 Å². The van der Waals surface area contributed by atoms with Crippen LogP contribution in [0.3, 0.4) is 0 Å². The van der Waals surface area contributed by atoms with Crippen LogP contribution in [-0.2, 0) is 0 Å². The third-order valence-electron chi connectivity index (χ3n) is 3.32. The van der Waals surface area contributed by atoms with E-state index in [0.29, 0.717) is 17.9 Å². The maximum absolute atomic E-state index is 11.9. The lowest BCUT2D eigenvalue weighted by Crippen LogP contribution is -2.45. The number of pyridine rings is 1. The highest BCUT2D eigenvalue weighted by Gasteiger charge is 2.36. The minimum absolute atomic E-state index is 0.177. The zero-order chi connectivity index (χ0) is 12.3. The summed E-state index contributed by atoms with van der Waals surface area (Å²) >= 11 is 1.83. The molecule has 0 unspecified atom stereocenters. The third kappa shape index (κ3) is 2.54. The fourth-order valence-corrected chi connectivity index (χ4v) is 2.87. The largest absolute Gasteiger partial charge is 0.397 e. The molecule has 0 aliphatic heterocycles. The topological polar surface area (TPSA) is 68.0 Å². The van der Waals surface area contributed by atoms with Crippen LogP contribution in [0.5, 0.6) is 0 Å². The van der Waals surface area contributed by atoms with Crippen LogP contribution in [-0.4, -0.2) is 28.4 Å². The lowest BCUT2D eigenvalue weighted by molar-refractivity contribution is 0.0940. The van der Waals surface area contributed by atoms with Crippen molar-refractivity contribution < 1.29 is 4.79 Å². The summed E-state index contributed by atoms with van der Waals surface area (Å²) in [5, 5.41) is 2.93. The minimum atomic E-state index is -0.177. The fraction of sp³-hybridized carbons (Fsp3) is 0.500. The molecule has 3 N–H and O–H groups in total. The summed E-state index contributed by atoms with van der Waals surface area (Å²) in [6.07, 6.45) is 7.28. The number of carbonyl (C=O) groups excluding carboxylic acids is 1. The Hall–Kier alpha value is -1.23. The molecule has 0 aromatic carbocycles. The number of anilines is 1. The van der Waals surface area contributed by atoms with E-state index in [1.54, 1.807) is 18.3 Å². The second-order valence-corrected chi connectivity index (χ2v) is 5.64. The van der Waals surface area contributed by atoms with Crippen molar-refractivity contribution in [1.82, 2.24) is 10.3 Å². The Kier molecular flexibility index (Phi) is 3.57. The van der Waals surface area contributed by atoms with Crippen LogP contribution in [0, 0.1) is 0 Å². The number of nitrogen functional groups attached to an aromatic ring is 1. The number of nitrogens with zero attached hydrogens (tertiary/aromatic N) is 1. The fourth-order valence-electron chi connectivity index (χ4n) is 1.96. The maximum atomic E-state index is 11.9. The second kappa shape index (κ2) is 4.96. The predicted molar refractivity (Wildman–Crippen MR) is 71.1 cm³/mol. The van der Waals surface area contributed by atoms with E-state index in [-0.39, 0.29) is 10.7 Å². The van der Waals surface area contributed by atoms with Gasteiger partial charge in [-0.05, 0) is 31.2 Å². The highest BCUT2D eigenvalue weighted by Crippen LogP contribution is 2.42. The monoisotopic (exact) mass is 251 g/mol. The van der Waals surface area contributed by atoms with E-state index in [2.05, 4.69) is 16.6 Å². The highest BCUT2D eigenvalue weighted by atomic mass is 32.2. The second-order valence-electron chi connectivity index (χ2n) is 4.36. The zero-order valence-electron chi connectivity index (χ0n) is 9.90. The Morgan fingerprint density at radius 1 is 1.65 bits per heavy atom. The zero-order valence-corrected chi connectivity index (χ0v) is 10.7. The van der Waals surface area contributed by atoms with Gasteiger partial charge in [0.15, 0.2) is 5.69 Å². The van der Waals surface area contributed by atoms with Crippen molar-refractivity contribution in [2.75, 3.05) is 18.5 Å². The van der Waals surface area contributed by atoms with E-state index in [0.717, 1.165) is 0 Å². The van der Waals surface area contributed by atoms with Crippen molar-refractivity contribution in [1.29, 1.82) is 0 Å². The van der Waals surface area contributed by atoms with Gasteiger partial charge < -0.3 is 11.1 Å². The molecule has 92 valence electrons. The van der Waals surface area contributed by atoms with Crippen LogP contribution >= 0.6 is 11.8 Å². The van der Waals surface area contributed by atoms with Crippen LogP contribution in [0.2, 0.25) is 0 Å². The van der Waals surface area contributed by atoms with Crippen molar-refractivity contribution in [3.63, 3.8) is 0 Å². The lowest BCUT2D eigenvalue weighted by atomic mass is 9.84. The Labute approximate surface area is 105 Å². The Balaban J connectivity index is 1.96. The first kappa shape index (κ1) is 12.2. The number of nitrogens with one attached hydrogen (secondary N) is 1. The normalized spacial score (nSPS) is 17.2. The van der Waals surface area contributed by atoms with Crippen molar-refractivity contribution in [3.8, 4) is 0 Å². The first-order valence-electron chi connectivity index (χ1n) is 5.71. The van der Waals surface area contributed by atoms with Crippen molar-refractivity contribution in [3.05, 3.63) is 24.0 Å². The Morgan fingerprint density at radius 2 is 2.41 bits per heavy atom.